The van der Waals surface area contributed by atoms with Crippen molar-refractivity contribution in [3.63, 3.8) is 0 Å². The molecule has 0 aliphatic carbocycles. The van der Waals surface area contributed by atoms with Gasteiger partial charge in [0.15, 0.2) is 5.82 Å². The summed E-state index contributed by atoms with van der Waals surface area (Å²) in [6, 6.07) is 5.21. The third-order valence-electron chi connectivity index (χ3n) is 4.21. The number of aromatic nitrogens is 3. The van der Waals surface area contributed by atoms with E-state index in [0.717, 1.165) is 28.8 Å². The Bertz CT molecular complexity index is 1250. The van der Waals surface area contributed by atoms with Crippen molar-refractivity contribution in [1.82, 2.24) is 14.1 Å². The van der Waals surface area contributed by atoms with Crippen LogP contribution in [-0.2, 0) is 17.5 Å². The zero-order valence-electron chi connectivity index (χ0n) is 15.6. The van der Waals surface area contributed by atoms with Crippen molar-refractivity contribution >= 4 is 29.1 Å². The van der Waals surface area contributed by atoms with Gasteiger partial charge in [-0.3, -0.25) is 19.0 Å². The molecule has 2 aromatic heterocycles. The summed E-state index contributed by atoms with van der Waals surface area (Å²) in [6.07, 6.45) is -0.885. The Kier molecular flexibility index (Phi) is 6.16. The highest BCUT2D eigenvalue weighted by molar-refractivity contribution is 6.33. The summed E-state index contributed by atoms with van der Waals surface area (Å²) < 4.78 is 40.6. The van der Waals surface area contributed by atoms with Gasteiger partial charge in [0.25, 0.3) is 11.1 Å². The molecule has 2 N–H and O–H groups in total. The quantitative estimate of drug-likeness (QED) is 0.592. The van der Waals surface area contributed by atoms with Crippen molar-refractivity contribution in [1.29, 1.82) is 0 Å². The molecular weight excluding hydrogens is 441 g/mol. The van der Waals surface area contributed by atoms with Crippen LogP contribution in [0.4, 0.5) is 24.7 Å². The summed E-state index contributed by atoms with van der Waals surface area (Å²) in [5.41, 5.74) is -1.89. The van der Waals surface area contributed by atoms with Gasteiger partial charge >= 0.3 is 12.1 Å². The van der Waals surface area contributed by atoms with Crippen LogP contribution in [0, 0.1) is 0 Å². The number of pyridine rings is 1. The Morgan fingerprint density at radius 1 is 1.16 bits per heavy atom. The Morgan fingerprint density at radius 3 is 2.52 bits per heavy atom. The normalized spacial score (nSPS) is 11.4. The predicted octanol–water partition coefficient (Wildman–Crippen LogP) is 3.28. The summed E-state index contributed by atoms with van der Waals surface area (Å²) in [4.78, 5) is 39.5. The number of anilines is 2. The smallest absolute Gasteiger partial charge is 0.416 e. The molecular formula is C19H14ClF3N4O4. The van der Waals surface area contributed by atoms with Crippen molar-refractivity contribution in [2.45, 2.75) is 19.1 Å². The van der Waals surface area contributed by atoms with Gasteiger partial charge in [-0.2, -0.15) is 13.2 Å². The van der Waals surface area contributed by atoms with E-state index in [0.29, 0.717) is 0 Å². The van der Waals surface area contributed by atoms with Crippen LogP contribution in [0.3, 0.4) is 0 Å². The van der Waals surface area contributed by atoms with Crippen LogP contribution in [0.1, 0.15) is 12.0 Å². The number of nitrogens with zero attached hydrogens (tertiary/aromatic N) is 3. The minimum absolute atomic E-state index is 0.0289. The van der Waals surface area contributed by atoms with Crippen LogP contribution in [0.2, 0.25) is 5.02 Å². The number of benzene rings is 1. The Hall–Kier alpha value is -3.60. The van der Waals surface area contributed by atoms with Crippen LogP contribution in [0.25, 0.3) is 5.69 Å². The number of aryl methyl sites for hydroxylation is 1. The lowest BCUT2D eigenvalue weighted by Gasteiger charge is -2.12. The molecule has 2 heterocycles. The highest BCUT2D eigenvalue weighted by Crippen LogP contribution is 2.34. The van der Waals surface area contributed by atoms with Gasteiger partial charge in [-0.05, 0) is 24.3 Å². The molecule has 3 aromatic rings. The van der Waals surface area contributed by atoms with Crippen LogP contribution in [0.15, 0.2) is 58.5 Å². The highest BCUT2D eigenvalue weighted by Gasteiger charge is 2.31. The number of alkyl halides is 3. The van der Waals surface area contributed by atoms with Crippen LogP contribution < -0.4 is 16.4 Å². The molecule has 0 amide bonds. The summed E-state index contributed by atoms with van der Waals surface area (Å²) >= 11 is 5.90. The molecule has 0 saturated carbocycles. The maximum absolute atomic E-state index is 12.8. The Balaban J connectivity index is 1.91. The predicted molar refractivity (Wildman–Crippen MR) is 106 cm³/mol. The molecule has 0 saturated heterocycles. The van der Waals surface area contributed by atoms with Crippen molar-refractivity contribution in [2.24, 2.45) is 0 Å². The minimum atomic E-state index is -4.56. The number of hydrogen-bond acceptors (Lipinski definition) is 5. The van der Waals surface area contributed by atoms with Crippen LogP contribution in [0.5, 0.6) is 0 Å². The van der Waals surface area contributed by atoms with E-state index in [4.69, 9.17) is 16.7 Å². The van der Waals surface area contributed by atoms with E-state index in [-0.39, 0.29) is 35.2 Å². The molecule has 0 unspecified atom stereocenters. The minimum Gasteiger partial charge on any atom is -0.481 e. The van der Waals surface area contributed by atoms with E-state index in [9.17, 15) is 27.6 Å². The molecule has 31 heavy (non-hydrogen) atoms. The maximum Gasteiger partial charge on any atom is 0.416 e. The van der Waals surface area contributed by atoms with Gasteiger partial charge in [-0.15, -0.1) is 0 Å². The molecule has 0 aliphatic heterocycles. The molecule has 0 aliphatic rings. The lowest BCUT2D eigenvalue weighted by molar-refractivity contribution is -0.138. The Morgan fingerprint density at radius 2 is 1.90 bits per heavy atom. The van der Waals surface area contributed by atoms with Gasteiger partial charge in [0.1, 0.15) is 0 Å². The molecule has 0 radical (unpaired) electrons. The van der Waals surface area contributed by atoms with Crippen LogP contribution in [-0.4, -0.2) is 25.2 Å². The zero-order chi connectivity index (χ0) is 22.8. The molecule has 0 fully saturated rings. The second-order valence-electron chi connectivity index (χ2n) is 6.33. The van der Waals surface area contributed by atoms with E-state index < -0.39 is 28.8 Å². The largest absolute Gasteiger partial charge is 0.481 e. The third kappa shape index (κ3) is 5.12. The highest BCUT2D eigenvalue weighted by atomic mass is 35.5. The van der Waals surface area contributed by atoms with Gasteiger partial charge in [-0.1, -0.05) is 11.6 Å². The van der Waals surface area contributed by atoms with Gasteiger partial charge < -0.3 is 15.0 Å². The number of nitrogens with one attached hydrogen (secondary N) is 1. The zero-order valence-corrected chi connectivity index (χ0v) is 16.3. The fourth-order valence-corrected chi connectivity index (χ4v) is 2.90. The monoisotopic (exact) mass is 454 g/mol. The standard InChI is InChI=1S/C19H14ClF3N4O4/c20-13-9-11(19(21,22)23)1-2-14(13)25-17-18(31)27(8-5-24-17)12-3-6-26(15(28)10-12)7-4-16(29)30/h1-3,5-6,8-10H,4,7H2,(H,24,25)(H,29,30). The van der Waals surface area contributed by atoms with E-state index >= 15 is 0 Å². The lowest BCUT2D eigenvalue weighted by atomic mass is 10.2. The average Bonchev–Trinajstić information content (AvgIpc) is 2.69. The van der Waals surface area contributed by atoms with Gasteiger partial charge in [-0.25, -0.2) is 4.98 Å². The number of aliphatic carboxylic acids is 1. The summed E-state index contributed by atoms with van der Waals surface area (Å²) in [6.45, 7) is -0.0289. The summed E-state index contributed by atoms with van der Waals surface area (Å²) in [5, 5.41) is 11.1. The molecule has 162 valence electrons. The second kappa shape index (κ2) is 8.64. The first-order valence-electron chi connectivity index (χ1n) is 8.70. The lowest BCUT2D eigenvalue weighted by Crippen LogP contribution is -2.25. The topological polar surface area (TPSA) is 106 Å². The van der Waals surface area contributed by atoms with Gasteiger partial charge in [0.2, 0.25) is 0 Å². The third-order valence-corrected chi connectivity index (χ3v) is 4.53. The molecule has 0 atom stereocenters. The van der Waals surface area contributed by atoms with Gasteiger partial charge in [0, 0.05) is 31.2 Å². The number of carboxylic acid groups (broad SMARTS) is 1. The number of rotatable bonds is 6. The molecule has 0 spiro atoms. The molecule has 1 aromatic carbocycles. The maximum atomic E-state index is 12.8. The van der Waals surface area contributed by atoms with Crippen molar-refractivity contribution in [3.8, 4) is 5.69 Å². The SMILES string of the molecule is O=C(O)CCn1ccc(-n2ccnc(Nc3ccc(C(F)(F)F)cc3Cl)c2=O)cc1=O. The fourth-order valence-electron chi connectivity index (χ4n) is 2.67. The molecule has 12 heteroatoms. The summed E-state index contributed by atoms with van der Waals surface area (Å²) in [7, 11) is 0. The number of hydrogen-bond donors (Lipinski definition) is 2. The first-order valence-corrected chi connectivity index (χ1v) is 9.08. The number of halogens is 4. The van der Waals surface area contributed by atoms with E-state index in [1.165, 1.54) is 29.2 Å². The van der Waals surface area contributed by atoms with E-state index in [2.05, 4.69) is 10.3 Å². The van der Waals surface area contributed by atoms with Crippen molar-refractivity contribution in [3.05, 3.63) is 80.2 Å². The Labute approximate surface area is 177 Å². The second-order valence-corrected chi connectivity index (χ2v) is 6.74. The van der Waals surface area contributed by atoms with Gasteiger partial charge in [0.05, 0.1) is 28.4 Å². The van der Waals surface area contributed by atoms with Crippen molar-refractivity contribution < 1.29 is 23.1 Å². The van der Waals surface area contributed by atoms with E-state index in [1.807, 2.05) is 0 Å². The summed E-state index contributed by atoms with van der Waals surface area (Å²) in [5.74, 6) is -1.28. The van der Waals surface area contributed by atoms with Crippen molar-refractivity contribution in [2.75, 3.05) is 5.32 Å². The average molecular weight is 455 g/mol. The van der Waals surface area contributed by atoms with Crippen LogP contribution >= 0.6 is 11.6 Å². The molecule has 8 nitrogen and oxygen atoms in total. The molecule has 3 rings (SSSR count). The number of carbonyl (C=O) groups is 1. The number of carboxylic acids is 1. The first kappa shape index (κ1) is 22.1. The van der Waals surface area contributed by atoms with E-state index in [1.54, 1.807) is 0 Å². The molecule has 0 bridgehead atoms. The first-order chi connectivity index (χ1) is 14.6. The fraction of sp³-hybridized carbons (Fsp3) is 0.158.